The van der Waals surface area contributed by atoms with Gasteiger partial charge in [-0.2, -0.15) is 5.10 Å². The van der Waals surface area contributed by atoms with E-state index >= 15 is 0 Å². The lowest BCUT2D eigenvalue weighted by Crippen LogP contribution is -2.55. The number of piperidine rings is 1. The molecule has 2 amide bonds. The lowest BCUT2D eigenvalue weighted by molar-refractivity contribution is -0.123. The zero-order valence-corrected chi connectivity index (χ0v) is 16.5. The average molecular weight is 387 g/mol. The minimum Gasteiger partial charge on any atom is -0.383 e. The molecular weight excluding hydrogens is 362 g/mol. The largest absolute Gasteiger partial charge is 0.383 e. The Kier molecular flexibility index (Phi) is 4.70. The molecule has 9 heteroatoms. The molecule has 1 fully saturated rings. The molecule has 4 rings (SSSR count). The highest BCUT2D eigenvalue weighted by atomic mass is 16.5. The average Bonchev–Trinajstić information content (AvgIpc) is 3.29. The number of anilines is 1. The number of aryl methyl sites for hydroxylation is 2. The summed E-state index contributed by atoms with van der Waals surface area (Å²) < 4.78 is 12.2. The number of rotatable bonds is 4. The number of amides is 2. The number of nitrogens with zero attached hydrogens (tertiary/aromatic N) is 5. The minimum atomic E-state index is -0.380. The summed E-state index contributed by atoms with van der Waals surface area (Å²) in [5.41, 5.74) is 0.773. The summed E-state index contributed by atoms with van der Waals surface area (Å²) in [4.78, 5) is 29.3. The van der Waals surface area contributed by atoms with E-state index in [9.17, 15) is 9.59 Å². The molecule has 0 saturated carbocycles. The Morgan fingerprint density at radius 3 is 2.71 bits per heavy atom. The van der Waals surface area contributed by atoms with Crippen molar-refractivity contribution in [2.24, 2.45) is 0 Å². The van der Waals surface area contributed by atoms with Crippen LogP contribution in [0.5, 0.6) is 0 Å². The van der Waals surface area contributed by atoms with E-state index in [-0.39, 0.29) is 17.4 Å². The highest BCUT2D eigenvalue weighted by Crippen LogP contribution is 2.41. The van der Waals surface area contributed by atoms with Crippen LogP contribution in [0, 0.1) is 13.8 Å². The van der Waals surface area contributed by atoms with Gasteiger partial charge >= 0.3 is 0 Å². The van der Waals surface area contributed by atoms with Crippen molar-refractivity contribution in [3.8, 4) is 0 Å². The summed E-state index contributed by atoms with van der Waals surface area (Å²) >= 11 is 0. The van der Waals surface area contributed by atoms with Gasteiger partial charge in [0.1, 0.15) is 17.1 Å². The van der Waals surface area contributed by atoms with Crippen LogP contribution in [-0.2, 0) is 15.1 Å². The van der Waals surface area contributed by atoms with Crippen molar-refractivity contribution in [1.29, 1.82) is 0 Å². The summed E-state index contributed by atoms with van der Waals surface area (Å²) in [7, 11) is 1.62. The third kappa shape index (κ3) is 2.90. The second-order valence-corrected chi connectivity index (χ2v) is 7.53. The molecule has 0 unspecified atom stereocenters. The summed E-state index contributed by atoms with van der Waals surface area (Å²) in [6, 6.07) is 1.87. The van der Waals surface area contributed by atoms with E-state index in [4.69, 9.17) is 9.26 Å². The van der Waals surface area contributed by atoms with Crippen LogP contribution in [0.3, 0.4) is 0 Å². The number of aromatic nitrogens is 3. The first kappa shape index (κ1) is 18.7. The van der Waals surface area contributed by atoms with Crippen molar-refractivity contribution in [2.45, 2.75) is 38.6 Å². The van der Waals surface area contributed by atoms with Crippen LogP contribution in [-0.4, -0.2) is 65.0 Å². The molecule has 2 aromatic heterocycles. The first-order valence-corrected chi connectivity index (χ1v) is 9.53. The Morgan fingerprint density at radius 2 is 2.07 bits per heavy atom. The van der Waals surface area contributed by atoms with Crippen molar-refractivity contribution in [1.82, 2.24) is 19.8 Å². The number of fused-ring (bicyclic) bond motifs is 2. The van der Waals surface area contributed by atoms with Gasteiger partial charge in [0.25, 0.3) is 5.91 Å². The van der Waals surface area contributed by atoms with E-state index in [1.54, 1.807) is 32.1 Å². The normalized spacial score (nSPS) is 18.6. The molecule has 1 saturated heterocycles. The molecule has 0 aliphatic carbocycles. The van der Waals surface area contributed by atoms with Crippen LogP contribution in [0.15, 0.2) is 16.8 Å². The van der Waals surface area contributed by atoms with Crippen LogP contribution in [0.1, 0.15) is 41.1 Å². The van der Waals surface area contributed by atoms with Gasteiger partial charge in [0.15, 0.2) is 0 Å². The Morgan fingerprint density at radius 1 is 1.32 bits per heavy atom. The van der Waals surface area contributed by atoms with Crippen LogP contribution in [0.25, 0.3) is 0 Å². The first-order chi connectivity index (χ1) is 13.5. The smallest absolute Gasteiger partial charge is 0.259 e. The summed E-state index contributed by atoms with van der Waals surface area (Å²) in [6.07, 6.45) is 3.48. The lowest BCUT2D eigenvalue weighted by atomic mass is 9.82. The van der Waals surface area contributed by atoms with E-state index < -0.39 is 0 Å². The van der Waals surface area contributed by atoms with Gasteiger partial charge in [0.05, 0.1) is 37.0 Å². The molecule has 9 nitrogen and oxygen atoms in total. The summed E-state index contributed by atoms with van der Waals surface area (Å²) in [5, 5.41) is 8.41. The van der Waals surface area contributed by atoms with E-state index in [0.29, 0.717) is 62.5 Å². The zero-order chi connectivity index (χ0) is 19.9. The van der Waals surface area contributed by atoms with Gasteiger partial charge in [0.2, 0.25) is 5.91 Å². The standard InChI is InChI=1S/C19H25N5O4/c1-13-17(14(2)28-21-13)18(26)22-8-5-19(6-9-22)12-16(25)23(10-11-27-3)15-4-7-20-24(15)19/h4,7H,5-6,8-12H2,1-3H3. The molecular formula is C19H25N5O4. The van der Waals surface area contributed by atoms with Crippen molar-refractivity contribution in [2.75, 3.05) is 38.3 Å². The molecule has 4 heterocycles. The fourth-order valence-electron chi connectivity index (χ4n) is 4.33. The molecule has 1 spiro atoms. The Balaban J connectivity index is 1.54. The molecule has 2 aliphatic heterocycles. The molecule has 0 atom stereocenters. The molecule has 0 N–H and O–H groups in total. The molecule has 0 radical (unpaired) electrons. The van der Waals surface area contributed by atoms with E-state index in [2.05, 4.69) is 10.3 Å². The number of carbonyl (C=O) groups excluding carboxylic acids is 2. The van der Waals surface area contributed by atoms with E-state index in [0.717, 1.165) is 5.82 Å². The van der Waals surface area contributed by atoms with Crippen molar-refractivity contribution >= 4 is 17.6 Å². The van der Waals surface area contributed by atoms with Gasteiger partial charge in [-0.3, -0.25) is 14.5 Å². The quantitative estimate of drug-likeness (QED) is 0.789. The van der Waals surface area contributed by atoms with E-state index in [1.807, 2.05) is 15.6 Å². The molecule has 28 heavy (non-hydrogen) atoms. The van der Waals surface area contributed by atoms with E-state index in [1.165, 1.54) is 0 Å². The van der Waals surface area contributed by atoms with Gasteiger partial charge in [-0.1, -0.05) is 5.16 Å². The Labute approximate surface area is 163 Å². The maximum Gasteiger partial charge on any atom is 0.259 e. The molecule has 2 aliphatic rings. The Hall–Kier alpha value is -2.68. The van der Waals surface area contributed by atoms with Crippen LogP contribution in [0.4, 0.5) is 5.82 Å². The fraction of sp³-hybridized carbons (Fsp3) is 0.579. The second-order valence-electron chi connectivity index (χ2n) is 7.53. The van der Waals surface area contributed by atoms with Gasteiger partial charge in [-0.15, -0.1) is 0 Å². The van der Waals surface area contributed by atoms with Crippen LogP contribution >= 0.6 is 0 Å². The Bertz CT molecular complexity index is 875. The minimum absolute atomic E-state index is 0.0596. The number of hydrogen-bond acceptors (Lipinski definition) is 6. The molecule has 2 aromatic rings. The van der Waals surface area contributed by atoms with Crippen molar-refractivity contribution in [3.05, 3.63) is 29.3 Å². The first-order valence-electron chi connectivity index (χ1n) is 9.53. The number of carbonyl (C=O) groups is 2. The topological polar surface area (TPSA) is 93.7 Å². The van der Waals surface area contributed by atoms with Gasteiger partial charge < -0.3 is 14.2 Å². The fourth-order valence-corrected chi connectivity index (χ4v) is 4.33. The van der Waals surface area contributed by atoms with Gasteiger partial charge in [0, 0.05) is 26.3 Å². The predicted octanol–water partition coefficient (Wildman–Crippen LogP) is 1.50. The SMILES string of the molecule is COCCN1C(=O)CC2(CCN(C(=O)c3c(C)noc3C)CC2)n2nccc21. The number of likely N-dealkylation sites (tertiary alicyclic amines) is 1. The maximum absolute atomic E-state index is 12.9. The molecule has 0 bridgehead atoms. The van der Waals surface area contributed by atoms with Crippen molar-refractivity contribution in [3.63, 3.8) is 0 Å². The molecule has 0 aromatic carbocycles. The molecule has 150 valence electrons. The summed E-state index contributed by atoms with van der Waals surface area (Å²) in [6.45, 7) is 5.64. The van der Waals surface area contributed by atoms with Gasteiger partial charge in [-0.25, -0.2) is 4.68 Å². The van der Waals surface area contributed by atoms with Crippen LogP contribution in [0.2, 0.25) is 0 Å². The third-order valence-electron chi connectivity index (χ3n) is 5.88. The number of hydrogen-bond donors (Lipinski definition) is 0. The summed E-state index contributed by atoms with van der Waals surface area (Å²) in [5.74, 6) is 1.36. The van der Waals surface area contributed by atoms with Gasteiger partial charge in [-0.05, 0) is 26.7 Å². The number of ether oxygens (including phenoxy) is 1. The monoisotopic (exact) mass is 387 g/mol. The predicted molar refractivity (Wildman–Crippen MR) is 100 cm³/mol. The highest BCUT2D eigenvalue weighted by molar-refractivity contribution is 5.96. The third-order valence-corrected chi connectivity index (χ3v) is 5.88. The highest BCUT2D eigenvalue weighted by Gasteiger charge is 2.46. The number of methoxy groups -OCH3 is 1. The zero-order valence-electron chi connectivity index (χ0n) is 16.5. The second kappa shape index (κ2) is 7.05. The lowest BCUT2D eigenvalue weighted by Gasteiger charge is -2.46. The van der Waals surface area contributed by atoms with Crippen molar-refractivity contribution < 1.29 is 18.8 Å². The van der Waals surface area contributed by atoms with Crippen LogP contribution < -0.4 is 4.90 Å². The maximum atomic E-state index is 12.9.